The number of hydrogen-bond donors (Lipinski definition) is 2. The van der Waals surface area contributed by atoms with Crippen molar-refractivity contribution in [2.45, 2.75) is 32.7 Å². The molecular formula is C24H31IN4O3. The molecule has 0 aromatic heterocycles. The largest absolute Gasteiger partial charge is 0.490 e. The molecule has 0 unspecified atom stereocenters. The second-order valence-corrected chi connectivity index (χ2v) is 7.87. The Kier molecular flexibility index (Phi) is 9.01. The molecule has 1 saturated heterocycles. The van der Waals surface area contributed by atoms with E-state index in [4.69, 9.17) is 14.5 Å². The van der Waals surface area contributed by atoms with Crippen LogP contribution in [0.4, 0.5) is 5.69 Å². The summed E-state index contributed by atoms with van der Waals surface area (Å²) in [5.41, 5.74) is 3.16. The second-order valence-electron chi connectivity index (χ2n) is 7.87. The molecule has 2 aliphatic rings. The summed E-state index contributed by atoms with van der Waals surface area (Å²) in [4.78, 5) is 19.1. The summed E-state index contributed by atoms with van der Waals surface area (Å²) in [6.45, 7) is 5.77. The van der Waals surface area contributed by atoms with Gasteiger partial charge in [0.2, 0.25) is 5.91 Å². The fourth-order valence-electron chi connectivity index (χ4n) is 3.71. The summed E-state index contributed by atoms with van der Waals surface area (Å²) in [5, 5.41) is 6.52. The third kappa shape index (κ3) is 6.51. The van der Waals surface area contributed by atoms with Gasteiger partial charge in [-0.25, -0.2) is 4.99 Å². The zero-order chi connectivity index (χ0) is 21.5. The van der Waals surface area contributed by atoms with E-state index in [-0.39, 0.29) is 36.4 Å². The topological polar surface area (TPSA) is 75.2 Å². The van der Waals surface area contributed by atoms with Gasteiger partial charge < -0.3 is 25.0 Å². The van der Waals surface area contributed by atoms with Crippen molar-refractivity contribution in [3.63, 3.8) is 0 Å². The Morgan fingerprint density at radius 1 is 1.03 bits per heavy atom. The van der Waals surface area contributed by atoms with E-state index in [2.05, 4.69) is 29.7 Å². The van der Waals surface area contributed by atoms with Gasteiger partial charge in [0.1, 0.15) is 0 Å². The van der Waals surface area contributed by atoms with Crippen molar-refractivity contribution in [3.05, 3.63) is 53.6 Å². The van der Waals surface area contributed by atoms with Crippen LogP contribution in [0.5, 0.6) is 11.5 Å². The van der Waals surface area contributed by atoms with Gasteiger partial charge in [0, 0.05) is 31.3 Å². The summed E-state index contributed by atoms with van der Waals surface area (Å²) in [5.74, 6) is 2.12. The highest BCUT2D eigenvalue weighted by Gasteiger charge is 2.18. The number of nitrogens with one attached hydrogen (secondary N) is 2. The Balaban J connectivity index is 0.00000289. The minimum atomic E-state index is 0. The molecule has 2 heterocycles. The van der Waals surface area contributed by atoms with Gasteiger partial charge in [-0.1, -0.05) is 24.3 Å². The first-order valence-electron chi connectivity index (χ1n) is 11.0. The smallest absolute Gasteiger partial charge is 0.241 e. The SMILES string of the molecule is Cc1ccccc1CN=C(NCC(=O)N1CCCC1)Nc1ccc2c(c1)OCCCO2.I. The minimum absolute atomic E-state index is 0. The number of nitrogens with zero attached hydrogens (tertiary/aromatic N) is 2. The number of aryl methyl sites for hydroxylation is 1. The molecule has 1 amide bonds. The number of benzene rings is 2. The van der Waals surface area contributed by atoms with Crippen molar-refractivity contribution < 1.29 is 14.3 Å². The van der Waals surface area contributed by atoms with E-state index in [1.807, 2.05) is 35.2 Å². The van der Waals surface area contributed by atoms with Gasteiger partial charge in [-0.2, -0.15) is 0 Å². The van der Waals surface area contributed by atoms with Crippen LogP contribution in [0.2, 0.25) is 0 Å². The highest BCUT2D eigenvalue weighted by atomic mass is 127. The number of fused-ring (bicyclic) bond motifs is 1. The fraction of sp³-hybridized carbons (Fsp3) is 0.417. The zero-order valence-electron chi connectivity index (χ0n) is 18.4. The van der Waals surface area contributed by atoms with Crippen LogP contribution < -0.4 is 20.1 Å². The van der Waals surface area contributed by atoms with Crippen LogP contribution in [0.1, 0.15) is 30.4 Å². The van der Waals surface area contributed by atoms with E-state index in [0.717, 1.165) is 49.4 Å². The number of guanidine groups is 1. The van der Waals surface area contributed by atoms with E-state index < -0.39 is 0 Å². The van der Waals surface area contributed by atoms with Crippen LogP contribution in [-0.2, 0) is 11.3 Å². The van der Waals surface area contributed by atoms with Gasteiger partial charge in [0.05, 0.1) is 26.3 Å². The molecule has 0 spiro atoms. The monoisotopic (exact) mass is 550 g/mol. The molecule has 2 aromatic carbocycles. The van der Waals surface area contributed by atoms with E-state index in [9.17, 15) is 4.79 Å². The maximum absolute atomic E-state index is 12.5. The molecule has 4 rings (SSSR count). The lowest BCUT2D eigenvalue weighted by molar-refractivity contribution is -0.128. The summed E-state index contributed by atoms with van der Waals surface area (Å²) < 4.78 is 11.5. The first kappa shape index (κ1) is 24.2. The lowest BCUT2D eigenvalue weighted by atomic mass is 10.1. The first-order valence-corrected chi connectivity index (χ1v) is 11.0. The third-order valence-corrected chi connectivity index (χ3v) is 5.54. The molecular weight excluding hydrogens is 519 g/mol. The van der Waals surface area contributed by atoms with Crippen LogP contribution in [-0.4, -0.2) is 49.6 Å². The number of ether oxygens (including phenoxy) is 2. The molecule has 0 radical (unpaired) electrons. The van der Waals surface area contributed by atoms with E-state index in [0.29, 0.717) is 31.5 Å². The Bertz CT molecular complexity index is 945. The lowest BCUT2D eigenvalue weighted by Gasteiger charge is -2.18. The molecule has 32 heavy (non-hydrogen) atoms. The molecule has 0 bridgehead atoms. The standard InChI is InChI=1S/C24H30N4O3.HI/c1-18-7-2-3-8-19(18)16-25-24(26-17-23(29)28-11-4-5-12-28)27-20-9-10-21-22(15-20)31-14-6-13-30-21;/h2-3,7-10,15H,4-6,11-14,16-17H2,1H3,(H2,25,26,27);1H. The van der Waals surface area contributed by atoms with E-state index in [1.54, 1.807) is 0 Å². The Morgan fingerprint density at radius 3 is 2.56 bits per heavy atom. The van der Waals surface area contributed by atoms with Gasteiger partial charge in [0.15, 0.2) is 17.5 Å². The average Bonchev–Trinajstić information content (AvgIpc) is 3.22. The Morgan fingerprint density at radius 2 is 1.78 bits per heavy atom. The number of aliphatic imine (C=N–C) groups is 1. The van der Waals surface area contributed by atoms with Crippen molar-refractivity contribution in [2.24, 2.45) is 4.99 Å². The second kappa shape index (κ2) is 11.9. The van der Waals surface area contributed by atoms with Crippen LogP contribution in [0.15, 0.2) is 47.5 Å². The number of anilines is 1. The quantitative estimate of drug-likeness (QED) is 0.335. The fourth-order valence-corrected chi connectivity index (χ4v) is 3.71. The number of likely N-dealkylation sites (tertiary alicyclic amines) is 1. The highest BCUT2D eigenvalue weighted by Crippen LogP contribution is 2.32. The molecule has 8 heteroatoms. The molecule has 0 atom stereocenters. The number of rotatable bonds is 5. The van der Waals surface area contributed by atoms with Crippen LogP contribution in [0.3, 0.4) is 0 Å². The molecule has 172 valence electrons. The predicted octanol–water partition coefficient (Wildman–Crippen LogP) is 3.95. The maximum atomic E-state index is 12.5. The third-order valence-electron chi connectivity index (χ3n) is 5.54. The number of halogens is 1. The van der Waals surface area contributed by atoms with Crippen LogP contribution in [0.25, 0.3) is 0 Å². The predicted molar refractivity (Wildman–Crippen MR) is 137 cm³/mol. The van der Waals surface area contributed by atoms with Gasteiger partial charge in [-0.3, -0.25) is 4.79 Å². The zero-order valence-corrected chi connectivity index (χ0v) is 20.8. The average molecular weight is 550 g/mol. The van der Waals surface area contributed by atoms with Crippen LogP contribution >= 0.6 is 24.0 Å². The van der Waals surface area contributed by atoms with Gasteiger partial charge in [-0.05, 0) is 43.0 Å². The van der Waals surface area contributed by atoms with Crippen molar-refractivity contribution in [3.8, 4) is 11.5 Å². The van der Waals surface area contributed by atoms with E-state index in [1.165, 1.54) is 5.56 Å². The number of carbonyl (C=O) groups excluding carboxylic acids is 1. The van der Waals surface area contributed by atoms with Crippen molar-refractivity contribution in [2.75, 3.05) is 38.2 Å². The number of carbonyl (C=O) groups is 1. The highest BCUT2D eigenvalue weighted by molar-refractivity contribution is 14.0. The minimum Gasteiger partial charge on any atom is -0.490 e. The van der Waals surface area contributed by atoms with Gasteiger partial charge >= 0.3 is 0 Å². The number of hydrogen-bond acceptors (Lipinski definition) is 4. The van der Waals surface area contributed by atoms with Crippen molar-refractivity contribution >= 4 is 41.5 Å². The van der Waals surface area contributed by atoms with Crippen molar-refractivity contribution in [1.29, 1.82) is 0 Å². The molecule has 0 saturated carbocycles. The van der Waals surface area contributed by atoms with Crippen molar-refractivity contribution in [1.82, 2.24) is 10.2 Å². The molecule has 1 fully saturated rings. The number of amides is 1. The molecule has 7 nitrogen and oxygen atoms in total. The summed E-state index contributed by atoms with van der Waals surface area (Å²) >= 11 is 0. The van der Waals surface area contributed by atoms with Gasteiger partial charge in [-0.15, -0.1) is 24.0 Å². The van der Waals surface area contributed by atoms with E-state index >= 15 is 0 Å². The Labute approximate surface area is 206 Å². The molecule has 2 N–H and O–H groups in total. The molecule has 0 aliphatic carbocycles. The van der Waals surface area contributed by atoms with Gasteiger partial charge in [0.25, 0.3) is 0 Å². The van der Waals surface area contributed by atoms with Crippen LogP contribution in [0, 0.1) is 6.92 Å². The summed E-state index contributed by atoms with van der Waals surface area (Å²) in [6.07, 6.45) is 3.02. The molecule has 2 aromatic rings. The molecule has 2 aliphatic heterocycles. The normalized spacial score (nSPS) is 15.5. The maximum Gasteiger partial charge on any atom is 0.241 e. The first-order chi connectivity index (χ1) is 15.2. The summed E-state index contributed by atoms with van der Waals surface area (Å²) in [7, 11) is 0. The Hall–Kier alpha value is -2.49. The lowest BCUT2D eigenvalue weighted by Crippen LogP contribution is -2.41. The summed E-state index contributed by atoms with van der Waals surface area (Å²) in [6, 6.07) is 13.9.